The Labute approximate surface area is 101 Å². The summed E-state index contributed by atoms with van der Waals surface area (Å²) in [5, 5.41) is 3.57. The molecule has 1 N–H and O–H groups in total. The molecular weight excluding hydrogens is 196 g/mol. The van der Waals surface area contributed by atoms with Gasteiger partial charge in [-0.1, -0.05) is 13.3 Å². The molecule has 2 fully saturated rings. The zero-order valence-corrected chi connectivity index (χ0v) is 11.3. The lowest BCUT2D eigenvalue weighted by Gasteiger charge is -2.39. The summed E-state index contributed by atoms with van der Waals surface area (Å²) in [5.41, 5.74) is 1.03. The minimum absolute atomic E-state index is 0.448. The van der Waals surface area contributed by atoms with Gasteiger partial charge in [0.15, 0.2) is 0 Å². The average molecular weight is 224 g/mol. The van der Waals surface area contributed by atoms with Crippen LogP contribution in [0.5, 0.6) is 0 Å². The Morgan fingerprint density at radius 3 is 2.56 bits per heavy atom. The molecule has 16 heavy (non-hydrogen) atoms. The van der Waals surface area contributed by atoms with Gasteiger partial charge >= 0.3 is 0 Å². The summed E-state index contributed by atoms with van der Waals surface area (Å²) in [4.78, 5) is 2.75. The number of nitrogens with one attached hydrogen (secondary N) is 1. The molecule has 0 aromatic rings. The van der Waals surface area contributed by atoms with E-state index in [0.717, 1.165) is 0 Å². The van der Waals surface area contributed by atoms with Crippen LogP contribution in [0.3, 0.4) is 0 Å². The van der Waals surface area contributed by atoms with Gasteiger partial charge in [-0.3, -0.25) is 4.90 Å². The van der Waals surface area contributed by atoms with E-state index in [1.54, 1.807) is 0 Å². The van der Waals surface area contributed by atoms with E-state index in [-0.39, 0.29) is 0 Å². The molecule has 0 aromatic carbocycles. The van der Waals surface area contributed by atoms with Gasteiger partial charge in [-0.15, -0.1) is 0 Å². The summed E-state index contributed by atoms with van der Waals surface area (Å²) in [5.74, 6) is 0. The minimum atomic E-state index is 0.448. The zero-order valence-electron chi connectivity index (χ0n) is 11.3. The van der Waals surface area contributed by atoms with Gasteiger partial charge in [-0.2, -0.15) is 0 Å². The second-order valence-electron chi connectivity index (χ2n) is 6.51. The van der Waals surface area contributed by atoms with Gasteiger partial charge in [-0.25, -0.2) is 0 Å². The lowest BCUT2D eigenvalue weighted by atomic mass is 9.81. The monoisotopic (exact) mass is 224 g/mol. The van der Waals surface area contributed by atoms with Crippen molar-refractivity contribution in [3.63, 3.8) is 0 Å². The van der Waals surface area contributed by atoms with Crippen LogP contribution in [0.2, 0.25) is 0 Å². The zero-order chi connectivity index (χ0) is 11.6. The first-order valence-corrected chi connectivity index (χ1v) is 7.04. The Morgan fingerprint density at radius 2 is 2.06 bits per heavy atom. The normalized spacial score (nSPS) is 34.7. The van der Waals surface area contributed by atoms with Gasteiger partial charge in [-0.05, 0) is 58.0 Å². The molecule has 1 atom stereocenters. The van der Waals surface area contributed by atoms with E-state index in [9.17, 15) is 0 Å². The SMILES string of the molecule is CCCC1(CN2CCCC2(C)C)CCNC1. The summed E-state index contributed by atoms with van der Waals surface area (Å²) in [7, 11) is 0. The van der Waals surface area contributed by atoms with Crippen LogP contribution < -0.4 is 5.32 Å². The summed E-state index contributed by atoms with van der Waals surface area (Å²) in [6.07, 6.45) is 6.88. The van der Waals surface area contributed by atoms with Gasteiger partial charge in [0.2, 0.25) is 0 Å². The lowest BCUT2D eigenvalue weighted by molar-refractivity contribution is 0.0981. The molecule has 2 aliphatic rings. The predicted molar refractivity (Wildman–Crippen MR) is 69.7 cm³/mol. The van der Waals surface area contributed by atoms with E-state index in [0.29, 0.717) is 11.0 Å². The molecule has 0 radical (unpaired) electrons. The van der Waals surface area contributed by atoms with Crippen LogP contribution in [0.25, 0.3) is 0 Å². The van der Waals surface area contributed by atoms with Crippen molar-refractivity contribution in [1.29, 1.82) is 0 Å². The lowest BCUT2D eigenvalue weighted by Crippen LogP contribution is -2.46. The first-order valence-electron chi connectivity index (χ1n) is 7.04. The van der Waals surface area contributed by atoms with Crippen molar-refractivity contribution in [1.82, 2.24) is 10.2 Å². The Balaban J connectivity index is 2.00. The number of hydrogen-bond acceptors (Lipinski definition) is 2. The standard InChI is InChI=1S/C14H28N2/c1-4-6-14(8-9-15-11-14)12-16-10-5-7-13(16,2)3/h15H,4-12H2,1-3H3. The van der Waals surface area contributed by atoms with E-state index < -0.39 is 0 Å². The molecule has 2 aliphatic heterocycles. The summed E-state index contributed by atoms with van der Waals surface area (Å²) >= 11 is 0. The molecular formula is C14H28N2. The first-order chi connectivity index (χ1) is 7.58. The Hall–Kier alpha value is -0.0800. The van der Waals surface area contributed by atoms with Crippen molar-refractivity contribution >= 4 is 0 Å². The van der Waals surface area contributed by atoms with Gasteiger partial charge < -0.3 is 5.32 Å². The fourth-order valence-electron chi connectivity index (χ4n) is 3.61. The van der Waals surface area contributed by atoms with Crippen molar-refractivity contribution in [3.05, 3.63) is 0 Å². The van der Waals surface area contributed by atoms with E-state index in [2.05, 4.69) is 31.0 Å². The highest BCUT2D eigenvalue weighted by Gasteiger charge is 2.40. The third-order valence-electron chi connectivity index (χ3n) is 4.71. The Bertz CT molecular complexity index is 229. The van der Waals surface area contributed by atoms with E-state index in [4.69, 9.17) is 0 Å². The van der Waals surface area contributed by atoms with Crippen molar-refractivity contribution in [3.8, 4) is 0 Å². The molecule has 2 heterocycles. The van der Waals surface area contributed by atoms with Crippen LogP contribution in [0.4, 0.5) is 0 Å². The second-order valence-corrected chi connectivity index (χ2v) is 6.51. The van der Waals surface area contributed by atoms with E-state index in [1.165, 1.54) is 58.3 Å². The number of rotatable bonds is 4. The quantitative estimate of drug-likeness (QED) is 0.790. The molecule has 2 nitrogen and oxygen atoms in total. The van der Waals surface area contributed by atoms with E-state index >= 15 is 0 Å². The van der Waals surface area contributed by atoms with Crippen molar-refractivity contribution in [2.24, 2.45) is 5.41 Å². The fourth-order valence-corrected chi connectivity index (χ4v) is 3.61. The van der Waals surface area contributed by atoms with Crippen molar-refractivity contribution < 1.29 is 0 Å². The number of hydrogen-bond donors (Lipinski definition) is 1. The molecule has 2 heteroatoms. The minimum Gasteiger partial charge on any atom is -0.316 e. The molecule has 0 aromatic heterocycles. The van der Waals surface area contributed by atoms with Gasteiger partial charge in [0, 0.05) is 18.6 Å². The van der Waals surface area contributed by atoms with Crippen LogP contribution in [-0.2, 0) is 0 Å². The smallest absolute Gasteiger partial charge is 0.0153 e. The molecule has 94 valence electrons. The number of likely N-dealkylation sites (tertiary alicyclic amines) is 1. The van der Waals surface area contributed by atoms with E-state index in [1.807, 2.05) is 0 Å². The first kappa shape index (κ1) is 12.4. The summed E-state index contributed by atoms with van der Waals surface area (Å²) < 4.78 is 0. The van der Waals surface area contributed by atoms with Crippen molar-refractivity contribution in [2.45, 2.75) is 58.4 Å². The Morgan fingerprint density at radius 1 is 1.25 bits per heavy atom. The largest absolute Gasteiger partial charge is 0.316 e. The Kier molecular flexibility index (Phi) is 3.60. The third-order valence-corrected chi connectivity index (χ3v) is 4.71. The molecule has 0 aliphatic carbocycles. The summed E-state index contributed by atoms with van der Waals surface area (Å²) in [6.45, 7) is 12.3. The van der Waals surface area contributed by atoms with Crippen LogP contribution in [0, 0.1) is 5.41 Å². The molecule has 0 amide bonds. The van der Waals surface area contributed by atoms with Crippen LogP contribution in [0.1, 0.15) is 52.9 Å². The maximum atomic E-state index is 3.57. The second kappa shape index (κ2) is 4.66. The molecule has 0 spiro atoms. The van der Waals surface area contributed by atoms with Gasteiger partial charge in [0.1, 0.15) is 0 Å². The maximum absolute atomic E-state index is 3.57. The van der Waals surface area contributed by atoms with Gasteiger partial charge in [0.05, 0.1) is 0 Å². The van der Waals surface area contributed by atoms with Crippen LogP contribution in [-0.4, -0.2) is 36.6 Å². The topological polar surface area (TPSA) is 15.3 Å². The molecule has 2 rings (SSSR count). The highest BCUT2D eigenvalue weighted by molar-refractivity contribution is 4.96. The average Bonchev–Trinajstić information content (AvgIpc) is 2.77. The fraction of sp³-hybridized carbons (Fsp3) is 1.00. The van der Waals surface area contributed by atoms with Crippen LogP contribution >= 0.6 is 0 Å². The third kappa shape index (κ3) is 2.43. The molecule has 2 saturated heterocycles. The predicted octanol–water partition coefficient (Wildman–Crippen LogP) is 2.64. The van der Waals surface area contributed by atoms with Crippen LogP contribution in [0.15, 0.2) is 0 Å². The maximum Gasteiger partial charge on any atom is 0.0153 e. The molecule has 1 unspecified atom stereocenters. The van der Waals surface area contributed by atoms with Crippen molar-refractivity contribution in [2.75, 3.05) is 26.2 Å². The summed E-state index contributed by atoms with van der Waals surface area (Å²) in [6, 6.07) is 0. The van der Waals surface area contributed by atoms with Gasteiger partial charge in [0.25, 0.3) is 0 Å². The molecule has 0 bridgehead atoms. The highest BCUT2D eigenvalue weighted by Crippen LogP contribution is 2.37. The number of nitrogens with zero attached hydrogens (tertiary/aromatic N) is 1. The highest BCUT2D eigenvalue weighted by atomic mass is 15.2. The molecule has 0 saturated carbocycles.